The molecular weight excluding hydrogens is 250 g/mol. The summed E-state index contributed by atoms with van der Waals surface area (Å²) in [6, 6.07) is 8.76. The third-order valence-electron chi connectivity index (χ3n) is 3.01. The molecule has 18 heavy (non-hydrogen) atoms. The Bertz CT molecular complexity index is 408. The fourth-order valence-corrected chi connectivity index (χ4v) is 2.04. The van der Waals surface area contributed by atoms with Crippen molar-refractivity contribution in [1.82, 2.24) is 5.32 Å². The largest absolute Gasteiger partial charge is 0.466 e. The average Bonchev–Trinajstić information content (AvgIpc) is 2.90. The van der Waals surface area contributed by atoms with Gasteiger partial charge in [0.15, 0.2) is 0 Å². The van der Waals surface area contributed by atoms with Crippen LogP contribution in [0.25, 0.3) is 6.08 Å². The Hall–Kier alpha value is -1.32. The summed E-state index contributed by atoms with van der Waals surface area (Å²) < 4.78 is 4.54. The number of nitrogens with one attached hydrogen (secondary N) is 1. The van der Waals surface area contributed by atoms with Crippen LogP contribution in [0.4, 0.5) is 0 Å². The standard InChI is InChI=1S/C14H17NO2.ClH/c1-17-14(16)9-6-11-4-7-12(8-5-11)13-3-2-10-15-13;/h4-9,13,15H,2-3,10H2,1H3;1H/t13-;/m0./s1. The van der Waals surface area contributed by atoms with Crippen LogP contribution in [0.1, 0.15) is 30.0 Å². The maximum absolute atomic E-state index is 10.9. The first-order valence-electron chi connectivity index (χ1n) is 5.89. The molecule has 1 aromatic carbocycles. The first kappa shape index (κ1) is 14.7. The third kappa shape index (κ3) is 3.86. The van der Waals surface area contributed by atoms with Crippen molar-refractivity contribution in [3.05, 3.63) is 41.5 Å². The van der Waals surface area contributed by atoms with E-state index >= 15 is 0 Å². The lowest BCUT2D eigenvalue weighted by molar-refractivity contribution is -0.134. The molecule has 0 unspecified atom stereocenters. The predicted octanol–water partition coefficient (Wildman–Crippen LogP) is 2.72. The van der Waals surface area contributed by atoms with E-state index < -0.39 is 0 Å². The first-order valence-corrected chi connectivity index (χ1v) is 5.89. The molecule has 1 aliphatic heterocycles. The second kappa shape index (κ2) is 7.19. The minimum absolute atomic E-state index is 0. The van der Waals surface area contributed by atoms with Gasteiger partial charge in [-0.25, -0.2) is 4.79 Å². The number of halogens is 1. The monoisotopic (exact) mass is 267 g/mol. The molecule has 0 radical (unpaired) electrons. The van der Waals surface area contributed by atoms with Crippen LogP contribution in [0.5, 0.6) is 0 Å². The van der Waals surface area contributed by atoms with Gasteiger partial charge in [-0.15, -0.1) is 12.4 Å². The Labute approximate surface area is 114 Å². The highest BCUT2D eigenvalue weighted by Gasteiger charge is 2.15. The van der Waals surface area contributed by atoms with Crippen molar-refractivity contribution in [1.29, 1.82) is 0 Å². The average molecular weight is 268 g/mol. The molecule has 0 bridgehead atoms. The van der Waals surface area contributed by atoms with Crippen LogP contribution < -0.4 is 5.32 Å². The summed E-state index contributed by atoms with van der Waals surface area (Å²) in [6.07, 6.45) is 5.65. The van der Waals surface area contributed by atoms with E-state index in [1.807, 2.05) is 12.1 Å². The molecule has 1 N–H and O–H groups in total. The number of rotatable bonds is 3. The number of carbonyl (C=O) groups is 1. The summed E-state index contributed by atoms with van der Waals surface area (Å²) in [5, 5.41) is 3.46. The van der Waals surface area contributed by atoms with Gasteiger partial charge in [-0.1, -0.05) is 24.3 Å². The number of hydrogen-bond acceptors (Lipinski definition) is 3. The van der Waals surface area contributed by atoms with E-state index in [2.05, 4.69) is 22.2 Å². The lowest BCUT2D eigenvalue weighted by atomic mass is 10.0. The van der Waals surface area contributed by atoms with Gasteiger partial charge in [-0.3, -0.25) is 0 Å². The number of carbonyl (C=O) groups excluding carboxylic acids is 1. The highest BCUT2D eigenvalue weighted by Crippen LogP contribution is 2.23. The summed E-state index contributed by atoms with van der Waals surface area (Å²) in [4.78, 5) is 10.9. The molecule has 0 amide bonds. The number of ether oxygens (including phenoxy) is 1. The van der Waals surface area contributed by atoms with E-state index in [4.69, 9.17) is 0 Å². The Kier molecular flexibility index (Phi) is 5.89. The van der Waals surface area contributed by atoms with E-state index in [1.54, 1.807) is 6.08 Å². The van der Waals surface area contributed by atoms with Crippen molar-refractivity contribution in [2.45, 2.75) is 18.9 Å². The quantitative estimate of drug-likeness (QED) is 0.676. The normalized spacial score (nSPS) is 18.6. The van der Waals surface area contributed by atoms with Crippen LogP contribution in [0.15, 0.2) is 30.3 Å². The molecule has 1 saturated heterocycles. The maximum Gasteiger partial charge on any atom is 0.330 e. The maximum atomic E-state index is 10.9. The lowest BCUT2D eigenvalue weighted by Crippen LogP contribution is -2.12. The number of methoxy groups -OCH3 is 1. The van der Waals surface area contributed by atoms with Crippen molar-refractivity contribution in [3.8, 4) is 0 Å². The summed E-state index contributed by atoms with van der Waals surface area (Å²) in [5.41, 5.74) is 2.33. The molecule has 4 heteroatoms. The van der Waals surface area contributed by atoms with Gasteiger partial charge in [-0.2, -0.15) is 0 Å². The molecule has 0 spiro atoms. The van der Waals surface area contributed by atoms with E-state index in [1.165, 1.54) is 31.6 Å². The highest BCUT2D eigenvalue weighted by atomic mass is 35.5. The van der Waals surface area contributed by atoms with Crippen LogP contribution in [-0.4, -0.2) is 19.6 Å². The lowest BCUT2D eigenvalue weighted by Gasteiger charge is -2.10. The molecule has 0 aliphatic carbocycles. The molecular formula is C14H18ClNO2. The van der Waals surface area contributed by atoms with E-state index in [-0.39, 0.29) is 18.4 Å². The first-order chi connectivity index (χ1) is 8.29. The minimum atomic E-state index is -0.327. The zero-order chi connectivity index (χ0) is 12.1. The van der Waals surface area contributed by atoms with Gasteiger partial charge < -0.3 is 10.1 Å². The fraction of sp³-hybridized carbons (Fsp3) is 0.357. The second-order valence-electron chi connectivity index (χ2n) is 4.17. The van der Waals surface area contributed by atoms with Gasteiger partial charge in [0.2, 0.25) is 0 Å². The topological polar surface area (TPSA) is 38.3 Å². The van der Waals surface area contributed by atoms with Crippen molar-refractivity contribution < 1.29 is 9.53 Å². The molecule has 2 rings (SSSR count). The highest BCUT2D eigenvalue weighted by molar-refractivity contribution is 5.86. The molecule has 0 saturated carbocycles. The summed E-state index contributed by atoms with van der Waals surface area (Å²) in [5.74, 6) is -0.327. The SMILES string of the molecule is COC(=O)C=Cc1ccc([C@@H]2CCCN2)cc1.Cl. The summed E-state index contributed by atoms with van der Waals surface area (Å²) in [6.45, 7) is 1.11. The summed E-state index contributed by atoms with van der Waals surface area (Å²) >= 11 is 0. The molecule has 0 aromatic heterocycles. The van der Waals surface area contributed by atoms with E-state index in [0.29, 0.717) is 6.04 Å². The van der Waals surface area contributed by atoms with E-state index in [0.717, 1.165) is 12.1 Å². The molecule has 1 aromatic rings. The van der Waals surface area contributed by atoms with Crippen LogP contribution in [-0.2, 0) is 9.53 Å². The smallest absolute Gasteiger partial charge is 0.330 e. The van der Waals surface area contributed by atoms with Gasteiger partial charge in [0.1, 0.15) is 0 Å². The Morgan fingerprint density at radius 2 is 2.11 bits per heavy atom. The van der Waals surface area contributed by atoms with Crippen molar-refractivity contribution in [2.75, 3.05) is 13.7 Å². The van der Waals surface area contributed by atoms with Crippen LogP contribution in [0.3, 0.4) is 0 Å². The van der Waals surface area contributed by atoms with Crippen molar-refractivity contribution in [2.24, 2.45) is 0 Å². The molecule has 1 heterocycles. The predicted molar refractivity (Wildman–Crippen MR) is 74.7 cm³/mol. The van der Waals surface area contributed by atoms with Crippen molar-refractivity contribution in [3.63, 3.8) is 0 Å². The third-order valence-corrected chi connectivity index (χ3v) is 3.01. The van der Waals surface area contributed by atoms with E-state index in [9.17, 15) is 4.79 Å². The zero-order valence-corrected chi connectivity index (χ0v) is 11.2. The summed E-state index contributed by atoms with van der Waals surface area (Å²) in [7, 11) is 1.38. The number of benzene rings is 1. The Balaban J connectivity index is 0.00000162. The van der Waals surface area contributed by atoms with Crippen LogP contribution in [0, 0.1) is 0 Å². The van der Waals surface area contributed by atoms with Crippen molar-refractivity contribution >= 4 is 24.5 Å². The molecule has 1 atom stereocenters. The van der Waals surface area contributed by atoms with Gasteiger partial charge in [0.05, 0.1) is 7.11 Å². The molecule has 1 aliphatic rings. The van der Waals surface area contributed by atoms with Crippen LogP contribution >= 0.6 is 12.4 Å². The number of esters is 1. The Morgan fingerprint density at radius 3 is 2.67 bits per heavy atom. The molecule has 3 nitrogen and oxygen atoms in total. The van der Waals surface area contributed by atoms with Gasteiger partial charge in [-0.05, 0) is 36.6 Å². The molecule has 98 valence electrons. The van der Waals surface area contributed by atoms with Gasteiger partial charge in [0, 0.05) is 12.1 Å². The number of hydrogen-bond donors (Lipinski definition) is 1. The second-order valence-corrected chi connectivity index (χ2v) is 4.17. The Morgan fingerprint density at radius 1 is 1.39 bits per heavy atom. The zero-order valence-electron chi connectivity index (χ0n) is 10.4. The van der Waals surface area contributed by atoms with Gasteiger partial charge in [0.25, 0.3) is 0 Å². The van der Waals surface area contributed by atoms with Gasteiger partial charge >= 0.3 is 5.97 Å². The fourth-order valence-electron chi connectivity index (χ4n) is 2.04. The van der Waals surface area contributed by atoms with Crippen LogP contribution in [0.2, 0.25) is 0 Å². The molecule has 1 fully saturated rings. The minimum Gasteiger partial charge on any atom is -0.466 e.